The highest BCUT2D eigenvalue weighted by Crippen LogP contribution is 2.14. The van der Waals surface area contributed by atoms with Crippen molar-refractivity contribution in [2.24, 2.45) is 10.9 Å². The zero-order valence-electron chi connectivity index (χ0n) is 14.1. The topological polar surface area (TPSA) is 49.3 Å². The highest BCUT2D eigenvalue weighted by Gasteiger charge is 2.05. The first-order chi connectivity index (χ1) is 11.2. The van der Waals surface area contributed by atoms with E-state index >= 15 is 0 Å². The molecule has 0 aliphatic carbocycles. The van der Waals surface area contributed by atoms with Gasteiger partial charge >= 0.3 is 0 Å². The first-order valence-electron chi connectivity index (χ1n) is 8.13. The van der Waals surface area contributed by atoms with Gasteiger partial charge < -0.3 is 10.6 Å². The third-order valence-electron chi connectivity index (χ3n) is 3.34. The zero-order chi connectivity index (χ0) is 16.5. The number of thiazole rings is 1. The van der Waals surface area contributed by atoms with Crippen LogP contribution in [0.5, 0.6) is 0 Å². The molecule has 0 bridgehead atoms. The van der Waals surface area contributed by atoms with Crippen molar-refractivity contribution >= 4 is 28.6 Å². The van der Waals surface area contributed by atoms with Gasteiger partial charge in [-0.25, -0.2) is 4.98 Å². The molecule has 2 rings (SSSR count). The Morgan fingerprint density at radius 1 is 1.39 bits per heavy atom. The summed E-state index contributed by atoms with van der Waals surface area (Å²) < 4.78 is 0. The lowest BCUT2D eigenvalue weighted by atomic mass is 10.1. The Hall–Kier alpha value is -1.40. The van der Waals surface area contributed by atoms with Gasteiger partial charge in [-0.1, -0.05) is 13.0 Å². The van der Waals surface area contributed by atoms with Gasteiger partial charge in [-0.05, 0) is 37.6 Å². The van der Waals surface area contributed by atoms with E-state index in [1.165, 1.54) is 14.8 Å². The SMILES string of the molecule is CCNC(=NCC(C)Cc1cccs1)NCCc1ncc(C)s1. The molecule has 2 aromatic heterocycles. The second-order valence-corrected chi connectivity index (χ2v) is 8.00. The van der Waals surface area contributed by atoms with Crippen LogP contribution in [0.1, 0.15) is 28.6 Å². The predicted octanol–water partition coefficient (Wildman–Crippen LogP) is 3.49. The van der Waals surface area contributed by atoms with Gasteiger partial charge in [0.1, 0.15) is 0 Å². The molecule has 0 fully saturated rings. The van der Waals surface area contributed by atoms with E-state index < -0.39 is 0 Å². The van der Waals surface area contributed by atoms with Gasteiger partial charge in [0, 0.05) is 42.0 Å². The number of nitrogens with one attached hydrogen (secondary N) is 2. The molecule has 1 atom stereocenters. The van der Waals surface area contributed by atoms with Crippen molar-refractivity contribution in [3.63, 3.8) is 0 Å². The number of guanidine groups is 1. The maximum Gasteiger partial charge on any atom is 0.191 e. The summed E-state index contributed by atoms with van der Waals surface area (Å²) in [6.07, 6.45) is 3.97. The van der Waals surface area contributed by atoms with Crippen LogP contribution in [0.15, 0.2) is 28.7 Å². The van der Waals surface area contributed by atoms with E-state index in [2.05, 4.69) is 53.9 Å². The van der Waals surface area contributed by atoms with Crippen LogP contribution >= 0.6 is 22.7 Å². The first kappa shape index (κ1) is 17.9. The summed E-state index contributed by atoms with van der Waals surface area (Å²) in [5.41, 5.74) is 0. The molecule has 2 N–H and O–H groups in total. The maximum atomic E-state index is 4.71. The van der Waals surface area contributed by atoms with Crippen molar-refractivity contribution in [1.29, 1.82) is 0 Å². The average Bonchev–Trinajstić information content (AvgIpc) is 3.16. The lowest BCUT2D eigenvalue weighted by Gasteiger charge is -2.12. The average molecular weight is 351 g/mol. The summed E-state index contributed by atoms with van der Waals surface area (Å²) in [6, 6.07) is 4.31. The second kappa shape index (κ2) is 9.67. The Morgan fingerprint density at radius 3 is 2.91 bits per heavy atom. The molecule has 0 saturated carbocycles. The molecular formula is C17H26N4S2. The smallest absolute Gasteiger partial charge is 0.191 e. The molecule has 0 radical (unpaired) electrons. The van der Waals surface area contributed by atoms with Gasteiger partial charge in [-0.15, -0.1) is 22.7 Å². The van der Waals surface area contributed by atoms with Crippen molar-refractivity contribution < 1.29 is 0 Å². The minimum absolute atomic E-state index is 0.547. The molecular weight excluding hydrogens is 324 g/mol. The fourth-order valence-electron chi connectivity index (χ4n) is 2.23. The number of aliphatic imine (C=N–C) groups is 1. The van der Waals surface area contributed by atoms with Crippen LogP contribution in [0.2, 0.25) is 0 Å². The van der Waals surface area contributed by atoms with Gasteiger partial charge in [0.2, 0.25) is 0 Å². The maximum absolute atomic E-state index is 4.71. The Labute approximate surface area is 147 Å². The number of hydrogen-bond donors (Lipinski definition) is 2. The minimum Gasteiger partial charge on any atom is -0.357 e. The number of thiophene rings is 1. The Bertz CT molecular complexity index is 590. The van der Waals surface area contributed by atoms with Crippen LogP contribution in [0, 0.1) is 12.8 Å². The van der Waals surface area contributed by atoms with Crippen LogP contribution in [0.4, 0.5) is 0 Å². The largest absolute Gasteiger partial charge is 0.357 e. The minimum atomic E-state index is 0.547. The Balaban J connectivity index is 1.76. The van der Waals surface area contributed by atoms with E-state index in [0.717, 1.165) is 38.4 Å². The van der Waals surface area contributed by atoms with Crippen molar-refractivity contribution in [3.8, 4) is 0 Å². The Morgan fingerprint density at radius 2 is 2.26 bits per heavy atom. The molecule has 126 valence electrons. The molecule has 0 aliphatic rings. The number of rotatable bonds is 8. The zero-order valence-corrected chi connectivity index (χ0v) is 15.8. The van der Waals surface area contributed by atoms with Crippen molar-refractivity contribution in [2.45, 2.75) is 33.6 Å². The van der Waals surface area contributed by atoms with Crippen LogP contribution in [0.25, 0.3) is 0 Å². The summed E-state index contributed by atoms with van der Waals surface area (Å²) in [4.78, 5) is 11.8. The van der Waals surface area contributed by atoms with E-state index in [1.807, 2.05) is 17.5 Å². The van der Waals surface area contributed by atoms with E-state index in [4.69, 9.17) is 4.99 Å². The molecule has 0 saturated heterocycles. The fourth-order valence-corrected chi connectivity index (χ4v) is 3.89. The molecule has 0 aromatic carbocycles. The van der Waals surface area contributed by atoms with Gasteiger partial charge in [-0.3, -0.25) is 4.99 Å². The second-order valence-electron chi connectivity index (χ2n) is 5.65. The van der Waals surface area contributed by atoms with Gasteiger partial charge in [0.05, 0.1) is 5.01 Å². The lowest BCUT2D eigenvalue weighted by molar-refractivity contribution is 0.595. The molecule has 2 aromatic rings. The van der Waals surface area contributed by atoms with E-state index in [1.54, 1.807) is 11.3 Å². The van der Waals surface area contributed by atoms with Crippen molar-refractivity contribution in [2.75, 3.05) is 19.6 Å². The molecule has 6 heteroatoms. The monoisotopic (exact) mass is 350 g/mol. The number of aromatic nitrogens is 1. The van der Waals surface area contributed by atoms with E-state index in [-0.39, 0.29) is 0 Å². The first-order valence-corrected chi connectivity index (χ1v) is 9.83. The number of aryl methyl sites for hydroxylation is 1. The lowest BCUT2D eigenvalue weighted by Crippen LogP contribution is -2.38. The van der Waals surface area contributed by atoms with Crippen LogP contribution in [-0.2, 0) is 12.8 Å². The van der Waals surface area contributed by atoms with Gasteiger partial charge in [0.15, 0.2) is 5.96 Å². The van der Waals surface area contributed by atoms with Crippen molar-refractivity contribution in [1.82, 2.24) is 15.6 Å². The van der Waals surface area contributed by atoms with E-state index in [0.29, 0.717) is 5.92 Å². The molecule has 0 spiro atoms. The standard InChI is InChI=1S/C17H26N4S2/c1-4-18-17(19-8-7-16-20-12-14(3)23-16)21-11-13(2)10-15-6-5-9-22-15/h5-6,9,12-13H,4,7-8,10-11H2,1-3H3,(H2,18,19,21). The van der Waals surface area contributed by atoms with Crippen LogP contribution < -0.4 is 10.6 Å². The van der Waals surface area contributed by atoms with Gasteiger partial charge in [-0.2, -0.15) is 0 Å². The summed E-state index contributed by atoms with van der Waals surface area (Å²) >= 11 is 3.59. The number of nitrogens with zero attached hydrogens (tertiary/aromatic N) is 2. The predicted molar refractivity (Wildman–Crippen MR) is 102 cm³/mol. The van der Waals surface area contributed by atoms with Crippen LogP contribution in [0.3, 0.4) is 0 Å². The molecule has 2 heterocycles. The van der Waals surface area contributed by atoms with Crippen LogP contribution in [-0.4, -0.2) is 30.6 Å². The Kier molecular flexibility index (Phi) is 7.55. The summed E-state index contributed by atoms with van der Waals surface area (Å²) in [5.74, 6) is 1.45. The molecule has 0 amide bonds. The third kappa shape index (κ3) is 6.71. The third-order valence-corrected chi connectivity index (χ3v) is 5.21. The quantitative estimate of drug-likeness (QED) is 0.566. The molecule has 0 aliphatic heterocycles. The summed E-state index contributed by atoms with van der Waals surface area (Å²) in [6.45, 7) is 9.01. The summed E-state index contributed by atoms with van der Waals surface area (Å²) in [5, 5.41) is 10.0. The fraction of sp³-hybridized carbons (Fsp3) is 0.529. The van der Waals surface area contributed by atoms with Gasteiger partial charge in [0.25, 0.3) is 0 Å². The molecule has 23 heavy (non-hydrogen) atoms. The normalized spacial score (nSPS) is 13.1. The van der Waals surface area contributed by atoms with E-state index in [9.17, 15) is 0 Å². The molecule has 1 unspecified atom stereocenters. The highest BCUT2D eigenvalue weighted by molar-refractivity contribution is 7.11. The van der Waals surface area contributed by atoms with Crippen molar-refractivity contribution in [3.05, 3.63) is 38.5 Å². The highest BCUT2D eigenvalue weighted by atomic mass is 32.1. The summed E-state index contributed by atoms with van der Waals surface area (Å²) in [7, 11) is 0. The number of hydrogen-bond acceptors (Lipinski definition) is 4. The molecule has 4 nitrogen and oxygen atoms in total.